The molecule has 5 heteroatoms. The second-order valence-corrected chi connectivity index (χ2v) is 6.67. The van der Waals surface area contributed by atoms with Crippen molar-refractivity contribution in [1.82, 2.24) is 9.88 Å². The molecule has 0 atom stereocenters. The van der Waals surface area contributed by atoms with Gasteiger partial charge in [-0.3, -0.25) is 4.79 Å². The van der Waals surface area contributed by atoms with Gasteiger partial charge in [-0.1, -0.05) is 40.2 Å². The number of hydrogen-bond donors (Lipinski definition) is 1. The average Bonchev–Trinajstić information content (AvgIpc) is 2.98. The van der Waals surface area contributed by atoms with E-state index in [0.717, 1.165) is 26.7 Å². The Bertz CT molecular complexity index is 873. The second-order valence-electron chi connectivity index (χ2n) is 5.76. The van der Waals surface area contributed by atoms with E-state index in [1.54, 1.807) is 11.9 Å². The summed E-state index contributed by atoms with van der Waals surface area (Å²) < 4.78 is 6.74. The summed E-state index contributed by atoms with van der Waals surface area (Å²) in [5, 5.41) is 1.02. The van der Waals surface area contributed by atoms with E-state index in [1.807, 2.05) is 55.5 Å². The molecule has 2 aromatic carbocycles. The van der Waals surface area contributed by atoms with Crippen LogP contribution in [0.5, 0.6) is 5.75 Å². The number of hydrogen-bond acceptors (Lipinski definition) is 2. The molecule has 0 unspecified atom stereocenters. The number of halogens is 1. The van der Waals surface area contributed by atoms with Gasteiger partial charge < -0.3 is 14.6 Å². The lowest BCUT2D eigenvalue weighted by Crippen LogP contribution is -2.31. The lowest BCUT2D eigenvalue weighted by Gasteiger charge is -2.17. The smallest absolute Gasteiger partial charge is 0.270 e. The molecule has 124 valence electrons. The second kappa shape index (κ2) is 7.09. The van der Waals surface area contributed by atoms with Crippen LogP contribution < -0.4 is 4.74 Å². The van der Waals surface area contributed by atoms with Crippen molar-refractivity contribution in [2.45, 2.75) is 6.92 Å². The number of para-hydroxylation sites is 1. The Morgan fingerprint density at radius 3 is 2.79 bits per heavy atom. The van der Waals surface area contributed by atoms with Crippen LogP contribution in [0, 0.1) is 6.92 Å². The number of aryl methyl sites for hydroxylation is 1. The Morgan fingerprint density at radius 2 is 2.00 bits per heavy atom. The third-order valence-electron chi connectivity index (χ3n) is 3.94. The van der Waals surface area contributed by atoms with Gasteiger partial charge in [-0.05, 0) is 36.8 Å². The summed E-state index contributed by atoms with van der Waals surface area (Å²) in [6.45, 7) is 2.98. The first-order valence-corrected chi connectivity index (χ1v) is 8.56. The highest BCUT2D eigenvalue weighted by Gasteiger charge is 2.14. The van der Waals surface area contributed by atoms with Crippen molar-refractivity contribution in [2.24, 2.45) is 0 Å². The Morgan fingerprint density at radius 1 is 1.21 bits per heavy atom. The summed E-state index contributed by atoms with van der Waals surface area (Å²) in [4.78, 5) is 17.4. The number of ether oxygens (including phenoxy) is 1. The van der Waals surface area contributed by atoms with Crippen molar-refractivity contribution < 1.29 is 9.53 Å². The van der Waals surface area contributed by atoms with Crippen molar-refractivity contribution in [3.63, 3.8) is 0 Å². The highest BCUT2D eigenvalue weighted by molar-refractivity contribution is 9.10. The molecule has 3 rings (SSSR count). The molecule has 0 aliphatic carbocycles. The Labute approximate surface area is 149 Å². The van der Waals surface area contributed by atoms with Crippen molar-refractivity contribution in [3.8, 4) is 5.75 Å². The largest absolute Gasteiger partial charge is 0.491 e. The molecule has 0 aliphatic rings. The Hall–Kier alpha value is -2.27. The number of rotatable bonds is 5. The summed E-state index contributed by atoms with van der Waals surface area (Å²) in [6, 6.07) is 15.7. The van der Waals surface area contributed by atoms with Gasteiger partial charge in [0.1, 0.15) is 18.1 Å². The minimum absolute atomic E-state index is 0.0456. The summed E-state index contributed by atoms with van der Waals surface area (Å²) in [5.41, 5.74) is 2.62. The lowest BCUT2D eigenvalue weighted by atomic mass is 10.2. The maximum atomic E-state index is 12.5. The zero-order valence-electron chi connectivity index (χ0n) is 13.7. The maximum absolute atomic E-state index is 12.5. The molecule has 0 aliphatic heterocycles. The van der Waals surface area contributed by atoms with E-state index < -0.39 is 0 Å². The van der Waals surface area contributed by atoms with Gasteiger partial charge in [0.2, 0.25) is 0 Å². The average molecular weight is 387 g/mol. The van der Waals surface area contributed by atoms with Crippen LogP contribution in [0.1, 0.15) is 16.1 Å². The zero-order valence-corrected chi connectivity index (χ0v) is 15.3. The molecule has 0 saturated heterocycles. The van der Waals surface area contributed by atoms with Crippen molar-refractivity contribution >= 4 is 32.7 Å². The van der Waals surface area contributed by atoms with E-state index in [1.165, 1.54) is 0 Å². The fraction of sp³-hybridized carbons (Fsp3) is 0.211. The molecule has 0 radical (unpaired) electrons. The number of aromatic amines is 1. The summed E-state index contributed by atoms with van der Waals surface area (Å²) in [7, 11) is 1.78. The van der Waals surface area contributed by atoms with Gasteiger partial charge in [0.15, 0.2) is 0 Å². The predicted molar refractivity (Wildman–Crippen MR) is 99.6 cm³/mol. The van der Waals surface area contributed by atoms with E-state index in [4.69, 9.17) is 4.74 Å². The van der Waals surface area contributed by atoms with Gasteiger partial charge >= 0.3 is 0 Å². The zero-order chi connectivity index (χ0) is 17.1. The number of benzene rings is 2. The lowest BCUT2D eigenvalue weighted by molar-refractivity contribution is 0.0769. The molecule has 3 aromatic rings. The van der Waals surface area contributed by atoms with Crippen LogP contribution >= 0.6 is 15.9 Å². The van der Waals surface area contributed by atoms with Crippen LogP contribution in [-0.2, 0) is 0 Å². The van der Waals surface area contributed by atoms with Crippen LogP contribution in [0.4, 0.5) is 0 Å². The number of aromatic nitrogens is 1. The normalized spacial score (nSPS) is 10.8. The summed E-state index contributed by atoms with van der Waals surface area (Å²) in [5.74, 6) is 0.810. The van der Waals surface area contributed by atoms with Gasteiger partial charge in [0, 0.05) is 22.4 Å². The van der Waals surface area contributed by atoms with Crippen molar-refractivity contribution in [1.29, 1.82) is 0 Å². The van der Waals surface area contributed by atoms with Gasteiger partial charge in [-0.25, -0.2) is 0 Å². The van der Waals surface area contributed by atoms with E-state index >= 15 is 0 Å². The van der Waals surface area contributed by atoms with Crippen molar-refractivity contribution in [2.75, 3.05) is 20.2 Å². The molecule has 1 aromatic heterocycles. The molecule has 1 heterocycles. The SMILES string of the molecule is Cc1ccccc1OCCN(C)C(=O)c1cc2ccc(Br)cc2[nH]1. The molecule has 0 fully saturated rings. The molecule has 0 spiro atoms. The van der Waals surface area contributed by atoms with Gasteiger partial charge in [-0.2, -0.15) is 0 Å². The minimum atomic E-state index is -0.0456. The fourth-order valence-corrected chi connectivity index (χ4v) is 2.89. The van der Waals surface area contributed by atoms with Crippen molar-refractivity contribution in [3.05, 3.63) is 64.3 Å². The topological polar surface area (TPSA) is 45.3 Å². The number of amides is 1. The van der Waals surface area contributed by atoms with Crippen LogP contribution in [0.3, 0.4) is 0 Å². The Kier molecular flexibility index (Phi) is 4.90. The van der Waals surface area contributed by atoms with E-state index in [2.05, 4.69) is 20.9 Å². The molecule has 24 heavy (non-hydrogen) atoms. The number of carbonyl (C=O) groups excluding carboxylic acids is 1. The van der Waals surface area contributed by atoms with Gasteiger partial charge in [-0.15, -0.1) is 0 Å². The minimum Gasteiger partial charge on any atom is -0.491 e. The molecule has 0 bridgehead atoms. The number of likely N-dealkylation sites (N-methyl/N-ethyl adjacent to an activating group) is 1. The first-order valence-electron chi connectivity index (χ1n) is 7.77. The molecule has 4 nitrogen and oxygen atoms in total. The highest BCUT2D eigenvalue weighted by atomic mass is 79.9. The quantitative estimate of drug-likeness (QED) is 0.706. The highest BCUT2D eigenvalue weighted by Crippen LogP contribution is 2.21. The number of nitrogens with one attached hydrogen (secondary N) is 1. The third kappa shape index (κ3) is 3.62. The van der Waals surface area contributed by atoms with E-state index in [-0.39, 0.29) is 5.91 Å². The van der Waals surface area contributed by atoms with Gasteiger partial charge in [0.25, 0.3) is 5.91 Å². The van der Waals surface area contributed by atoms with E-state index in [0.29, 0.717) is 18.8 Å². The molecular formula is C19H19BrN2O2. The molecule has 1 N–H and O–H groups in total. The van der Waals surface area contributed by atoms with Crippen LogP contribution in [0.15, 0.2) is 53.0 Å². The molecule has 1 amide bonds. The standard InChI is InChI=1S/C19H19BrN2O2/c1-13-5-3-4-6-18(13)24-10-9-22(2)19(23)17-11-14-7-8-15(20)12-16(14)21-17/h3-8,11-12,21H,9-10H2,1-2H3. The molecular weight excluding hydrogens is 368 g/mol. The predicted octanol–water partition coefficient (Wildman–Crippen LogP) is 4.39. The first-order chi connectivity index (χ1) is 11.5. The maximum Gasteiger partial charge on any atom is 0.270 e. The van der Waals surface area contributed by atoms with E-state index in [9.17, 15) is 4.79 Å². The number of carbonyl (C=O) groups is 1. The van der Waals surface area contributed by atoms with Gasteiger partial charge in [0.05, 0.1) is 6.54 Å². The number of fused-ring (bicyclic) bond motifs is 1. The third-order valence-corrected chi connectivity index (χ3v) is 4.43. The summed E-state index contributed by atoms with van der Waals surface area (Å²) >= 11 is 3.44. The monoisotopic (exact) mass is 386 g/mol. The van der Waals surface area contributed by atoms with Crippen LogP contribution in [0.2, 0.25) is 0 Å². The summed E-state index contributed by atoms with van der Waals surface area (Å²) in [6.07, 6.45) is 0. The Balaban J connectivity index is 1.62. The first kappa shape index (κ1) is 16.6. The number of nitrogens with zero attached hydrogens (tertiary/aromatic N) is 1. The molecule has 0 saturated carbocycles. The number of H-pyrrole nitrogens is 1. The van der Waals surface area contributed by atoms with Crippen LogP contribution in [0.25, 0.3) is 10.9 Å². The van der Waals surface area contributed by atoms with Crippen LogP contribution in [-0.4, -0.2) is 36.0 Å². The fourth-order valence-electron chi connectivity index (χ4n) is 2.53.